The van der Waals surface area contributed by atoms with Gasteiger partial charge in [-0.25, -0.2) is 0 Å². The number of carbonyl (C=O) groups is 2. The first kappa shape index (κ1) is 15.3. The maximum atomic E-state index is 12.1. The van der Waals surface area contributed by atoms with E-state index in [0.717, 1.165) is 32.4 Å². The second-order valence-corrected chi connectivity index (χ2v) is 6.20. The third-order valence-corrected chi connectivity index (χ3v) is 4.95. The molecule has 2 aliphatic rings. The normalized spacial score (nSPS) is 25.8. The number of carboxylic acids is 1. The van der Waals surface area contributed by atoms with Crippen LogP contribution in [0.1, 0.15) is 51.9 Å². The molecule has 0 bridgehead atoms. The van der Waals surface area contributed by atoms with Crippen LogP contribution in [-0.2, 0) is 9.59 Å². The minimum Gasteiger partial charge on any atom is -0.481 e. The zero-order chi connectivity index (χ0) is 14.6. The molecular weight excluding hydrogens is 256 g/mol. The Morgan fingerprint density at radius 2 is 2.00 bits per heavy atom. The average Bonchev–Trinajstić information content (AvgIpc) is 3.05. The summed E-state index contributed by atoms with van der Waals surface area (Å²) in [5, 5.41) is 12.3. The molecule has 0 radical (unpaired) electrons. The lowest BCUT2D eigenvalue weighted by Gasteiger charge is -2.25. The molecule has 20 heavy (non-hydrogen) atoms. The number of nitrogens with one attached hydrogen (secondary N) is 1. The molecule has 1 saturated heterocycles. The highest BCUT2D eigenvalue weighted by Crippen LogP contribution is 2.41. The lowest BCUT2D eigenvalue weighted by molar-refractivity contribution is -0.151. The summed E-state index contributed by atoms with van der Waals surface area (Å²) in [6, 6.07) is 0.424. The molecule has 1 aliphatic carbocycles. The minimum absolute atomic E-state index is 0.0998. The summed E-state index contributed by atoms with van der Waals surface area (Å²) in [4.78, 5) is 25.9. The summed E-state index contributed by atoms with van der Waals surface area (Å²) in [7, 11) is 0. The Morgan fingerprint density at radius 3 is 2.60 bits per heavy atom. The van der Waals surface area contributed by atoms with Crippen LogP contribution in [0.4, 0.5) is 0 Å². The van der Waals surface area contributed by atoms with Crippen molar-refractivity contribution in [3.05, 3.63) is 0 Å². The van der Waals surface area contributed by atoms with Gasteiger partial charge in [0.15, 0.2) is 0 Å². The molecule has 1 atom stereocenters. The number of hydrogen-bond acceptors (Lipinski definition) is 3. The van der Waals surface area contributed by atoms with Gasteiger partial charge in [-0.3, -0.25) is 14.5 Å². The number of rotatable bonds is 6. The van der Waals surface area contributed by atoms with E-state index in [9.17, 15) is 14.7 Å². The standard InChI is InChI=1S/C15H26N2O3/c1-2-17-9-5-6-12(17)11-16-13(18)10-15(14(19)20)7-3-4-8-15/h12H,2-11H2,1H3,(H,16,18)(H,19,20). The predicted molar refractivity (Wildman–Crippen MR) is 76.4 cm³/mol. The highest BCUT2D eigenvalue weighted by Gasteiger charge is 2.43. The Morgan fingerprint density at radius 1 is 1.30 bits per heavy atom. The van der Waals surface area contributed by atoms with Crippen LogP contribution >= 0.6 is 0 Å². The lowest BCUT2D eigenvalue weighted by atomic mass is 9.82. The molecule has 0 spiro atoms. The van der Waals surface area contributed by atoms with Crippen molar-refractivity contribution in [2.24, 2.45) is 5.41 Å². The second-order valence-electron chi connectivity index (χ2n) is 6.20. The molecule has 1 amide bonds. The van der Waals surface area contributed by atoms with Gasteiger partial charge in [0.2, 0.25) is 5.91 Å². The smallest absolute Gasteiger partial charge is 0.310 e. The van der Waals surface area contributed by atoms with Crippen LogP contribution in [0, 0.1) is 5.41 Å². The topological polar surface area (TPSA) is 69.6 Å². The highest BCUT2D eigenvalue weighted by molar-refractivity contribution is 5.85. The molecule has 0 aromatic heterocycles. The molecule has 0 aromatic rings. The number of nitrogens with zero attached hydrogens (tertiary/aromatic N) is 1. The molecule has 0 aromatic carbocycles. The van der Waals surface area contributed by atoms with E-state index in [4.69, 9.17) is 0 Å². The lowest BCUT2D eigenvalue weighted by Crippen LogP contribution is -2.42. The number of amides is 1. The summed E-state index contributed by atoms with van der Waals surface area (Å²) >= 11 is 0. The third-order valence-electron chi connectivity index (χ3n) is 4.95. The van der Waals surface area contributed by atoms with Crippen molar-refractivity contribution in [3.8, 4) is 0 Å². The predicted octanol–water partition coefficient (Wildman–Crippen LogP) is 1.62. The van der Waals surface area contributed by atoms with Gasteiger partial charge in [0.05, 0.1) is 5.41 Å². The number of likely N-dealkylation sites (tertiary alicyclic amines) is 1. The molecular formula is C15H26N2O3. The summed E-state index contributed by atoms with van der Waals surface area (Å²) in [6.45, 7) is 4.91. The molecule has 2 N–H and O–H groups in total. The van der Waals surface area contributed by atoms with Crippen LogP contribution in [-0.4, -0.2) is 47.6 Å². The number of hydrogen-bond donors (Lipinski definition) is 2. The molecule has 1 unspecified atom stereocenters. The Balaban J connectivity index is 1.81. The summed E-state index contributed by atoms with van der Waals surface area (Å²) in [6.07, 6.45) is 5.57. The van der Waals surface area contributed by atoms with Crippen molar-refractivity contribution in [1.82, 2.24) is 10.2 Å². The SMILES string of the molecule is CCN1CCCC1CNC(=O)CC1(C(=O)O)CCCC1. The number of carbonyl (C=O) groups excluding carboxylic acids is 1. The van der Waals surface area contributed by atoms with E-state index in [1.165, 1.54) is 6.42 Å². The fraction of sp³-hybridized carbons (Fsp3) is 0.867. The van der Waals surface area contributed by atoms with Crippen LogP contribution in [0.25, 0.3) is 0 Å². The number of aliphatic carboxylic acids is 1. The van der Waals surface area contributed by atoms with Gasteiger partial charge in [0.25, 0.3) is 0 Å². The van der Waals surface area contributed by atoms with E-state index in [0.29, 0.717) is 25.4 Å². The van der Waals surface area contributed by atoms with Crippen LogP contribution in [0.5, 0.6) is 0 Å². The van der Waals surface area contributed by atoms with Gasteiger partial charge in [-0.15, -0.1) is 0 Å². The zero-order valence-corrected chi connectivity index (χ0v) is 12.4. The average molecular weight is 282 g/mol. The highest BCUT2D eigenvalue weighted by atomic mass is 16.4. The van der Waals surface area contributed by atoms with E-state index in [1.807, 2.05) is 0 Å². The van der Waals surface area contributed by atoms with Crippen molar-refractivity contribution in [2.45, 2.75) is 57.9 Å². The van der Waals surface area contributed by atoms with E-state index in [2.05, 4.69) is 17.1 Å². The van der Waals surface area contributed by atoms with Crippen molar-refractivity contribution >= 4 is 11.9 Å². The van der Waals surface area contributed by atoms with Crippen LogP contribution in [0.2, 0.25) is 0 Å². The monoisotopic (exact) mass is 282 g/mol. The first-order chi connectivity index (χ1) is 9.57. The fourth-order valence-corrected chi connectivity index (χ4v) is 3.66. The van der Waals surface area contributed by atoms with Gasteiger partial charge in [0, 0.05) is 19.0 Å². The number of likely N-dealkylation sites (N-methyl/N-ethyl adjacent to an activating group) is 1. The summed E-state index contributed by atoms with van der Waals surface area (Å²) in [5.41, 5.74) is -0.801. The van der Waals surface area contributed by atoms with Crippen molar-refractivity contribution in [1.29, 1.82) is 0 Å². The third kappa shape index (κ3) is 3.32. The summed E-state index contributed by atoms with van der Waals surface area (Å²) in [5.74, 6) is -0.904. The number of carboxylic acid groups (broad SMARTS) is 1. The van der Waals surface area contributed by atoms with Gasteiger partial charge < -0.3 is 10.4 Å². The molecule has 1 saturated carbocycles. The van der Waals surface area contributed by atoms with Crippen LogP contribution < -0.4 is 5.32 Å². The second kappa shape index (κ2) is 6.57. The van der Waals surface area contributed by atoms with Gasteiger partial charge in [-0.2, -0.15) is 0 Å². The first-order valence-corrected chi connectivity index (χ1v) is 7.81. The van der Waals surface area contributed by atoms with Crippen LogP contribution in [0.15, 0.2) is 0 Å². The van der Waals surface area contributed by atoms with Crippen molar-refractivity contribution in [3.63, 3.8) is 0 Å². The molecule has 1 heterocycles. The largest absolute Gasteiger partial charge is 0.481 e. The molecule has 1 aliphatic heterocycles. The van der Waals surface area contributed by atoms with E-state index < -0.39 is 11.4 Å². The molecule has 5 nitrogen and oxygen atoms in total. The Kier molecular flexibility index (Phi) is 5.02. The summed E-state index contributed by atoms with van der Waals surface area (Å²) < 4.78 is 0. The van der Waals surface area contributed by atoms with E-state index in [1.54, 1.807) is 0 Å². The minimum atomic E-state index is -0.804. The Bertz CT molecular complexity index is 364. The first-order valence-electron chi connectivity index (χ1n) is 7.81. The van der Waals surface area contributed by atoms with Crippen LogP contribution in [0.3, 0.4) is 0 Å². The van der Waals surface area contributed by atoms with Gasteiger partial charge in [-0.05, 0) is 38.8 Å². The molecule has 114 valence electrons. The van der Waals surface area contributed by atoms with Crippen molar-refractivity contribution < 1.29 is 14.7 Å². The van der Waals surface area contributed by atoms with Gasteiger partial charge in [-0.1, -0.05) is 19.8 Å². The maximum absolute atomic E-state index is 12.1. The van der Waals surface area contributed by atoms with Crippen molar-refractivity contribution in [2.75, 3.05) is 19.6 Å². The van der Waals surface area contributed by atoms with Gasteiger partial charge in [0.1, 0.15) is 0 Å². The fourth-order valence-electron chi connectivity index (χ4n) is 3.66. The molecule has 5 heteroatoms. The zero-order valence-electron chi connectivity index (χ0n) is 12.4. The van der Waals surface area contributed by atoms with Gasteiger partial charge >= 0.3 is 5.97 Å². The Hall–Kier alpha value is -1.10. The quantitative estimate of drug-likeness (QED) is 0.777. The Labute approximate surface area is 120 Å². The van der Waals surface area contributed by atoms with E-state index >= 15 is 0 Å². The molecule has 2 fully saturated rings. The van der Waals surface area contributed by atoms with E-state index in [-0.39, 0.29) is 12.3 Å². The maximum Gasteiger partial charge on any atom is 0.310 e. The molecule has 2 rings (SSSR count).